The lowest BCUT2D eigenvalue weighted by molar-refractivity contribution is 0.534. The van der Waals surface area contributed by atoms with Crippen molar-refractivity contribution in [1.29, 1.82) is 0 Å². The molecule has 1 heterocycles. The van der Waals surface area contributed by atoms with Crippen LogP contribution in [0.4, 0.5) is 0 Å². The summed E-state index contributed by atoms with van der Waals surface area (Å²) in [6, 6.07) is -0.113. The molecule has 2 atom stereocenters. The molecule has 3 heteroatoms. The summed E-state index contributed by atoms with van der Waals surface area (Å²) in [6.45, 7) is 0.738. The lowest BCUT2D eigenvalue weighted by atomic mass is 10.2. The van der Waals surface area contributed by atoms with Gasteiger partial charge >= 0.3 is 0 Å². The topological polar surface area (TPSA) is 29.1 Å². The summed E-state index contributed by atoms with van der Waals surface area (Å²) in [6.07, 6.45) is 2.58. The normalized spacial score (nSPS) is 37.6. The van der Waals surface area contributed by atoms with E-state index in [0.717, 1.165) is 13.0 Å². The van der Waals surface area contributed by atoms with Crippen molar-refractivity contribution >= 4 is 17.9 Å². The molecule has 0 aromatic rings. The Labute approximate surface area is 53.2 Å². The van der Waals surface area contributed by atoms with Crippen molar-refractivity contribution in [3.8, 4) is 0 Å². The zero-order valence-electron chi connectivity index (χ0n) is 4.36. The summed E-state index contributed by atoms with van der Waals surface area (Å²) in [7, 11) is 0. The number of rotatable bonds is 1. The predicted molar refractivity (Wildman–Crippen MR) is 31.7 cm³/mol. The van der Waals surface area contributed by atoms with Crippen LogP contribution < -0.4 is 5.32 Å². The fourth-order valence-electron chi connectivity index (χ4n) is 0.782. The van der Waals surface area contributed by atoms with Crippen molar-refractivity contribution in [3.05, 3.63) is 0 Å². The SMILES string of the molecule is O=[C][C@@H]1C[C@H](Cl)CN1. The first-order chi connectivity index (χ1) is 3.83. The maximum Gasteiger partial charge on any atom is 0.216 e. The molecule has 0 bridgehead atoms. The van der Waals surface area contributed by atoms with E-state index < -0.39 is 0 Å². The van der Waals surface area contributed by atoms with E-state index in [0.29, 0.717) is 0 Å². The molecule has 0 aliphatic carbocycles. The third-order valence-electron chi connectivity index (χ3n) is 1.22. The van der Waals surface area contributed by atoms with Crippen LogP contribution in [0.25, 0.3) is 0 Å². The Balaban J connectivity index is 2.32. The number of carbonyl (C=O) groups excluding carboxylic acids is 1. The van der Waals surface area contributed by atoms with Gasteiger partial charge in [-0.1, -0.05) is 0 Å². The third-order valence-corrected chi connectivity index (χ3v) is 1.55. The molecule has 0 unspecified atom stereocenters. The van der Waals surface area contributed by atoms with Crippen molar-refractivity contribution in [2.45, 2.75) is 17.8 Å². The molecule has 1 saturated heterocycles. The zero-order valence-corrected chi connectivity index (χ0v) is 5.11. The Morgan fingerprint density at radius 3 is 2.75 bits per heavy atom. The van der Waals surface area contributed by atoms with Crippen LogP contribution >= 0.6 is 11.6 Å². The molecule has 0 amide bonds. The largest absolute Gasteiger partial charge is 0.306 e. The van der Waals surface area contributed by atoms with Crippen LogP contribution in [0.15, 0.2) is 0 Å². The third kappa shape index (κ3) is 1.20. The standard InChI is InChI=1S/C5H7ClNO/c6-4-1-5(3-8)7-2-4/h4-5,7H,1-2H2/t4-,5-/m0/s1. The van der Waals surface area contributed by atoms with Gasteiger partial charge in [0.1, 0.15) is 0 Å². The average Bonchev–Trinajstić information content (AvgIpc) is 2.14. The van der Waals surface area contributed by atoms with Crippen molar-refractivity contribution < 1.29 is 4.79 Å². The zero-order chi connectivity index (χ0) is 5.98. The highest BCUT2D eigenvalue weighted by molar-refractivity contribution is 6.21. The summed E-state index contributed by atoms with van der Waals surface area (Å²) < 4.78 is 0. The molecule has 1 fully saturated rings. The summed E-state index contributed by atoms with van der Waals surface area (Å²) in [5.74, 6) is 0. The molecule has 1 aliphatic rings. The van der Waals surface area contributed by atoms with E-state index in [9.17, 15) is 4.79 Å². The van der Waals surface area contributed by atoms with Gasteiger partial charge in [0.25, 0.3) is 0 Å². The Hall–Kier alpha value is -0.0800. The van der Waals surface area contributed by atoms with Crippen LogP contribution in [0.2, 0.25) is 0 Å². The van der Waals surface area contributed by atoms with Crippen LogP contribution in [0.5, 0.6) is 0 Å². The van der Waals surface area contributed by atoms with Gasteiger partial charge in [0, 0.05) is 11.9 Å². The molecule has 2 nitrogen and oxygen atoms in total. The average molecular weight is 133 g/mol. The molecule has 0 aromatic heterocycles. The lowest BCUT2D eigenvalue weighted by Crippen LogP contribution is -2.22. The van der Waals surface area contributed by atoms with Crippen LogP contribution in [-0.2, 0) is 4.79 Å². The second kappa shape index (κ2) is 2.46. The monoisotopic (exact) mass is 132 g/mol. The molecular formula is C5H7ClNO. The Morgan fingerprint density at radius 2 is 2.50 bits per heavy atom. The van der Waals surface area contributed by atoms with Crippen LogP contribution in [0, 0.1) is 0 Å². The van der Waals surface area contributed by atoms with E-state index in [2.05, 4.69) is 5.32 Å². The Morgan fingerprint density at radius 1 is 1.75 bits per heavy atom. The summed E-state index contributed by atoms with van der Waals surface area (Å²) in [5, 5.41) is 3.03. The first-order valence-corrected chi connectivity index (χ1v) is 3.01. The highest BCUT2D eigenvalue weighted by Gasteiger charge is 2.21. The van der Waals surface area contributed by atoms with E-state index in [4.69, 9.17) is 11.6 Å². The van der Waals surface area contributed by atoms with Gasteiger partial charge in [0.05, 0.1) is 6.04 Å². The molecule has 8 heavy (non-hydrogen) atoms. The predicted octanol–water partition coefficient (Wildman–Crippen LogP) is 0.0654. The fourth-order valence-corrected chi connectivity index (χ4v) is 1.05. The smallest absolute Gasteiger partial charge is 0.216 e. The molecule has 1 N–H and O–H groups in total. The molecule has 1 rings (SSSR count). The minimum atomic E-state index is -0.113. The van der Waals surface area contributed by atoms with Crippen LogP contribution in [-0.4, -0.2) is 24.2 Å². The first kappa shape index (κ1) is 6.05. The Kier molecular flexibility index (Phi) is 1.86. The highest BCUT2D eigenvalue weighted by Crippen LogP contribution is 2.09. The number of alkyl halides is 1. The van der Waals surface area contributed by atoms with Gasteiger partial charge in [-0.3, -0.25) is 4.79 Å². The summed E-state index contributed by atoms with van der Waals surface area (Å²) in [5.41, 5.74) is 0. The minimum absolute atomic E-state index is 0.113. The van der Waals surface area contributed by atoms with E-state index in [-0.39, 0.29) is 11.4 Å². The van der Waals surface area contributed by atoms with Crippen molar-refractivity contribution in [3.63, 3.8) is 0 Å². The summed E-state index contributed by atoms with van der Waals surface area (Å²) in [4.78, 5) is 9.91. The van der Waals surface area contributed by atoms with Gasteiger partial charge in [0.2, 0.25) is 6.29 Å². The molecular weight excluding hydrogens is 126 g/mol. The number of hydrogen-bond donors (Lipinski definition) is 1. The van der Waals surface area contributed by atoms with E-state index in [1.807, 2.05) is 6.29 Å². The second-order valence-corrected chi connectivity index (χ2v) is 2.53. The van der Waals surface area contributed by atoms with Crippen molar-refractivity contribution in [1.82, 2.24) is 5.32 Å². The van der Waals surface area contributed by atoms with Gasteiger partial charge in [-0.2, -0.15) is 0 Å². The molecule has 45 valence electrons. The van der Waals surface area contributed by atoms with Crippen molar-refractivity contribution in [2.24, 2.45) is 0 Å². The van der Waals surface area contributed by atoms with Crippen LogP contribution in [0.1, 0.15) is 6.42 Å². The molecule has 0 spiro atoms. The van der Waals surface area contributed by atoms with Crippen molar-refractivity contribution in [2.75, 3.05) is 6.54 Å². The molecule has 1 radical (unpaired) electrons. The number of nitrogens with one attached hydrogen (secondary N) is 1. The fraction of sp³-hybridized carbons (Fsp3) is 0.800. The molecule has 1 aliphatic heterocycles. The van der Waals surface area contributed by atoms with Gasteiger partial charge in [-0.15, -0.1) is 11.6 Å². The van der Waals surface area contributed by atoms with Crippen LogP contribution in [0.3, 0.4) is 0 Å². The van der Waals surface area contributed by atoms with E-state index in [1.54, 1.807) is 0 Å². The number of halogens is 1. The van der Waals surface area contributed by atoms with Gasteiger partial charge in [-0.25, -0.2) is 0 Å². The lowest BCUT2D eigenvalue weighted by Gasteiger charge is -1.92. The molecule has 0 aromatic carbocycles. The summed E-state index contributed by atoms with van der Waals surface area (Å²) >= 11 is 5.64. The van der Waals surface area contributed by atoms with Gasteiger partial charge in [-0.05, 0) is 6.42 Å². The van der Waals surface area contributed by atoms with E-state index in [1.165, 1.54) is 0 Å². The van der Waals surface area contributed by atoms with E-state index >= 15 is 0 Å². The maximum atomic E-state index is 9.91. The van der Waals surface area contributed by atoms with Gasteiger partial charge < -0.3 is 5.32 Å². The maximum absolute atomic E-state index is 9.91. The molecule has 0 saturated carbocycles. The first-order valence-electron chi connectivity index (χ1n) is 2.58. The highest BCUT2D eigenvalue weighted by atomic mass is 35.5. The second-order valence-electron chi connectivity index (χ2n) is 1.91. The minimum Gasteiger partial charge on any atom is -0.306 e. The quantitative estimate of drug-likeness (QED) is 0.512. The van der Waals surface area contributed by atoms with Gasteiger partial charge in [0.15, 0.2) is 0 Å². The number of hydrogen-bond acceptors (Lipinski definition) is 2. The Bertz CT molecular complexity index is 96.4.